The zero-order valence-electron chi connectivity index (χ0n) is 13.5. The molecule has 2 N–H and O–H groups in total. The molecule has 24 heavy (non-hydrogen) atoms. The third-order valence-electron chi connectivity index (χ3n) is 3.37. The van der Waals surface area contributed by atoms with E-state index < -0.39 is 4.92 Å². The Hall–Kier alpha value is -2.67. The second-order valence-electron chi connectivity index (χ2n) is 5.10. The van der Waals surface area contributed by atoms with E-state index in [-0.39, 0.29) is 11.7 Å². The second kappa shape index (κ2) is 8.26. The molecule has 0 aliphatic carbocycles. The molecule has 7 heteroatoms. The van der Waals surface area contributed by atoms with Gasteiger partial charge in [-0.25, -0.2) is 0 Å². The predicted molar refractivity (Wildman–Crippen MR) is 98.5 cm³/mol. The van der Waals surface area contributed by atoms with E-state index in [1.165, 1.54) is 6.07 Å². The quantitative estimate of drug-likeness (QED) is 0.467. The molecule has 0 aromatic heterocycles. The van der Waals surface area contributed by atoms with E-state index >= 15 is 0 Å². The van der Waals surface area contributed by atoms with Gasteiger partial charge in [-0.2, -0.15) is 0 Å². The SMILES string of the molecule is CCOc1ccc(NC(=S)NC(C)c2ccccc2)c([N+](=O)[O-])c1. The first kappa shape index (κ1) is 17.7. The number of hydrogen-bond donors (Lipinski definition) is 2. The Balaban J connectivity index is 2.09. The first-order valence-electron chi connectivity index (χ1n) is 7.55. The highest BCUT2D eigenvalue weighted by Crippen LogP contribution is 2.29. The molecule has 2 aromatic rings. The van der Waals surface area contributed by atoms with Gasteiger partial charge in [0, 0.05) is 0 Å². The van der Waals surface area contributed by atoms with Crippen molar-refractivity contribution < 1.29 is 9.66 Å². The minimum atomic E-state index is -0.464. The zero-order chi connectivity index (χ0) is 17.5. The highest BCUT2D eigenvalue weighted by Gasteiger charge is 2.17. The van der Waals surface area contributed by atoms with Gasteiger partial charge in [-0.15, -0.1) is 0 Å². The van der Waals surface area contributed by atoms with Crippen molar-refractivity contribution in [1.29, 1.82) is 0 Å². The van der Waals surface area contributed by atoms with Crippen molar-refractivity contribution in [3.63, 3.8) is 0 Å². The van der Waals surface area contributed by atoms with Gasteiger partial charge in [0.1, 0.15) is 11.4 Å². The third-order valence-corrected chi connectivity index (χ3v) is 3.59. The van der Waals surface area contributed by atoms with Crippen LogP contribution in [-0.4, -0.2) is 16.6 Å². The van der Waals surface area contributed by atoms with Gasteiger partial charge in [0.25, 0.3) is 5.69 Å². The Bertz CT molecular complexity index is 722. The van der Waals surface area contributed by atoms with E-state index in [4.69, 9.17) is 17.0 Å². The topological polar surface area (TPSA) is 76.4 Å². The molecule has 0 heterocycles. The van der Waals surface area contributed by atoms with Crippen LogP contribution in [0, 0.1) is 10.1 Å². The van der Waals surface area contributed by atoms with Crippen molar-refractivity contribution >= 4 is 28.7 Å². The van der Waals surface area contributed by atoms with Crippen molar-refractivity contribution in [2.24, 2.45) is 0 Å². The molecule has 2 aromatic carbocycles. The fourth-order valence-electron chi connectivity index (χ4n) is 2.20. The molecule has 6 nitrogen and oxygen atoms in total. The lowest BCUT2D eigenvalue weighted by Gasteiger charge is -2.17. The van der Waals surface area contributed by atoms with Crippen molar-refractivity contribution in [3.8, 4) is 5.75 Å². The zero-order valence-corrected chi connectivity index (χ0v) is 14.3. The molecular formula is C17H19N3O3S. The normalized spacial score (nSPS) is 11.4. The lowest BCUT2D eigenvalue weighted by Crippen LogP contribution is -2.31. The number of benzene rings is 2. The Morgan fingerprint density at radius 3 is 2.62 bits per heavy atom. The summed E-state index contributed by atoms with van der Waals surface area (Å²) < 4.78 is 5.30. The molecule has 0 aliphatic heterocycles. The maximum Gasteiger partial charge on any atom is 0.296 e. The van der Waals surface area contributed by atoms with E-state index in [9.17, 15) is 10.1 Å². The van der Waals surface area contributed by atoms with Crippen LogP contribution in [0.5, 0.6) is 5.75 Å². The summed E-state index contributed by atoms with van der Waals surface area (Å²) in [7, 11) is 0. The summed E-state index contributed by atoms with van der Waals surface area (Å²) in [5, 5.41) is 17.6. The van der Waals surface area contributed by atoms with Crippen LogP contribution in [-0.2, 0) is 0 Å². The van der Waals surface area contributed by atoms with E-state index in [2.05, 4.69) is 10.6 Å². The number of thiocarbonyl (C=S) groups is 1. The number of nitrogens with one attached hydrogen (secondary N) is 2. The molecule has 1 atom stereocenters. The van der Waals surface area contributed by atoms with Crippen molar-refractivity contribution in [2.75, 3.05) is 11.9 Å². The van der Waals surface area contributed by atoms with Crippen molar-refractivity contribution in [3.05, 3.63) is 64.2 Å². The first-order valence-corrected chi connectivity index (χ1v) is 7.95. The Morgan fingerprint density at radius 1 is 1.29 bits per heavy atom. The number of rotatable bonds is 6. The number of hydrogen-bond acceptors (Lipinski definition) is 4. The lowest BCUT2D eigenvalue weighted by molar-refractivity contribution is -0.384. The molecule has 0 saturated carbocycles. The van der Waals surface area contributed by atoms with E-state index in [1.54, 1.807) is 12.1 Å². The molecule has 0 aliphatic rings. The molecular weight excluding hydrogens is 326 g/mol. The van der Waals surface area contributed by atoms with Crippen LogP contribution in [0.25, 0.3) is 0 Å². The van der Waals surface area contributed by atoms with Crippen LogP contribution in [0.2, 0.25) is 0 Å². The highest BCUT2D eigenvalue weighted by molar-refractivity contribution is 7.80. The van der Waals surface area contributed by atoms with Crippen LogP contribution >= 0.6 is 12.2 Å². The highest BCUT2D eigenvalue weighted by atomic mass is 32.1. The first-order chi connectivity index (χ1) is 11.5. The van der Waals surface area contributed by atoms with Crippen molar-refractivity contribution in [1.82, 2.24) is 5.32 Å². The summed E-state index contributed by atoms with van der Waals surface area (Å²) in [6.07, 6.45) is 0. The van der Waals surface area contributed by atoms with Gasteiger partial charge in [-0.1, -0.05) is 30.3 Å². The minimum absolute atomic E-state index is 0.0204. The van der Waals surface area contributed by atoms with Gasteiger partial charge in [0.2, 0.25) is 0 Å². The average molecular weight is 345 g/mol. The summed E-state index contributed by atoms with van der Waals surface area (Å²) in [4.78, 5) is 10.8. The van der Waals surface area contributed by atoms with Crippen molar-refractivity contribution in [2.45, 2.75) is 19.9 Å². The monoisotopic (exact) mass is 345 g/mol. The Kier molecular flexibility index (Phi) is 6.08. The smallest absolute Gasteiger partial charge is 0.296 e. The molecule has 2 rings (SSSR count). The van der Waals surface area contributed by atoms with Crippen LogP contribution in [0.1, 0.15) is 25.5 Å². The van der Waals surface area contributed by atoms with Gasteiger partial charge >= 0.3 is 0 Å². The fraction of sp³-hybridized carbons (Fsp3) is 0.235. The Labute approximate surface area is 146 Å². The molecule has 0 fully saturated rings. The standard InChI is InChI=1S/C17H19N3O3S/c1-3-23-14-9-10-15(16(11-14)20(21)22)19-17(24)18-12(2)13-7-5-4-6-8-13/h4-12H,3H2,1-2H3,(H2,18,19,24). The van der Waals surface area contributed by atoms with Crippen LogP contribution in [0.4, 0.5) is 11.4 Å². The average Bonchev–Trinajstić information content (AvgIpc) is 2.57. The van der Waals surface area contributed by atoms with E-state index in [1.807, 2.05) is 44.2 Å². The van der Waals surface area contributed by atoms with Crippen LogP contribution < -0.4 is 15.4 Å². The second-order valence-corrected chi connectivity index (χ2v) is 5.51. The summed E-state index contributed by atoms with van der Waals surface area (Å²) in [6.45, 7) is 4.23. The van der Waals surface area contributed by atoms with Gasteiger partial charge in [0.05, 0.1) is 23.6 Å². The van der Waals surface area contributed by atoms with E-state index in [0.717, 1.165) is 5.56 Å². The van der Waals surface area contributed by atoms with Gasteiger partial charge in [-0.05, 0) is 43.8 Å². The minimum Gasteiger partial charge on any atom is -0.494 e. The summed E-state index contributed by atoms with van der Waals surface area (Å²) >= 11 is 5.27. The van der Waals surface area contributed by atoms with Gasteiger partial charge in [0.15, 0.2) is 5.11 Å². The predicted octanol–water partition coefficient (Wildman–Crippen LogP) is 4.04. The molecule has 1 unspecified atom stereocenters. The molecule has 0 saturated heterocycles. The molecule has 0 radical (unpaired) electrons. The summed E-state index contributed by atoms with van der Waals surface area (Å²) in [5.41, 5.74) is 1.31. The van der Waals surface area contributed by atoms with Gasteiger partial charge < -0.3 is 15.4 Å². The largest absolute Gasteiger partial charge is 0.494 e. The molecule has 126 valence electrons. The number of nitrogens with zero attached hydrogens (tertiary/aromatic N) is 1. The number of nitro groups is 1. The number of ether oxygens (including phenoxy) is 1. The Morgan fingerprint density at radius 2 is 2.00 bits per heavy atom. The molecule has 0 bridgehead atoms. The molecule has 0 amide bonds. The third kappa shape index (κ3) is 4.66. The van der Waals surface area contributed by atoms with Crippen LogP contribution in [0.15, 0.2) is 48.5 Å². The maximum absolute atomic E-state index is 11.2. The summed E-state index contributed by atoms with van der Waals surface area (Å²) in [6, 6.07) is 14.4. The maximum atomic E-state index is 11.2. The van der Waals surface area contributed by atoms with Crippen LogP contribution in [0.3, 0.4) is 0 Å². The van der Waals surface area contributed by atoms with E-state index in [0.29, 0.717) is 23.2 Å². The lowest BCUT2D eigenvalue weighted by atomic mass is 10.1. The molecule has 0 spiro atoms. The number of anilines is 1. The van der Waals surface area contributed by atoms with Gasteiger partial charge in [-0.3, -0.25) is 10.1 Å². The number of nitro benzene ring substituents is 1. The fourth-order valence-corrected chi connectivity index (χ4v) is 2.49. The summed E-state index contributed by atoms with van der Waals surface area (Å²) in [5.74, 6) is 0.450.